The lowest BCUT2D eigenvalue weighted by atomic mass is 10.0. The SMILES string of the molecule is O=C(O)CC(c1ccc2c(c1)OCC2)n1ccc2cc(OCCc3ccc4c(n3)CCCN4)ccc21. The number of anilines is 1. The molecule has 0 saturated heterocycles. The highest BCUT2D eigenvalue weighted by Gasteiger charge is 2.22. The number of nitrogens with zero attached hydrogens (tertiary/aromatic N) is 2. The fourth-order valence-corrected chi connectivity index (χ4v) is 5.23. The average Bonchev–Trinajstić information content (AvgIpc) is 3.53. The molecule has 1 unspecified atom stereocenters. The molecule has 0 radical (unpaired) electrons. The van der Waals surface area contributed by atoms with E-state index in [1.807, 2.05) is 47.2 Å². The van der Waals surface area contributed by atoms with E-state index in [-0.39, 0.29) is 12.5 Å². The second kappa shape index (κ2) is 9.57. The zero-order valence-corrected chi connectivity index (χ0v) is 20.1. The van der Waals surface area contributed by atoms with Gasteiger partial charge in [0.1, 0.15) is 11.5 Å². The summed E-state index contributed by atoms with van der Waals surface area (Å²) in [6.07, 6.45) is 5.73. The number of aryl methyl sites for hydroxylation is 1. The van der Waals surface area contributed by atoms with E-state index < -0.39 is 5.97 Å². The van der Waals surface area contributed by atoms with E-state index in [0.29, 0.717) is 13.2 Å². The van der Waals surface area contributed by atoms with E-state index in [1.54, 1.807) is 0 Å². The number of carbonyl (C=O) groups is 1. The minimum Gasteiger partial charge on any atom is -0.493 e. The molecule has 4 aromatic rings. The molecule has 2 aromatic carbocycles. The Labute approximate surface area is 209 Å². The number of ether oxygens (including phenoxy) is 2. The number of aromatic nitrogens is 2. The molecule has 0 aliphatic carbocycles. The number of nitrogens with one attached hydrogen (secondary N) is 1. The molecule has 2 aliphatic heterocycles. The minimum absolute atomic E-state index is 0.00981. The van der Waals surface area contributed by atoms with Crippen molar-refractivity contribution in [1.29, 1.82) is 0 Å². The van der Waals surface area contributed by atoms with Gasteiger partial charge in [0.05, 0.1) is 37.1 Å². The van der Waals surface area contributed by atoms with Gasteiger partial charge in [-0.2, -0.15) is 0 Å². The van der Waals surface area contributed by atoms with Crippen LogP contribution >= 0.6 is 0 Å². The standard InChI is InChI=1S/C29H29N3O4/c33-29(34)18-27(20-4-3-19-10-14-36-28(19)17-20)32-13-9-21-16-23(6-8-26(21)32)35-15-11-22-5-7-24-25(31-22)2-1-12-30-24/h3-9,13,16-17,27,30H,1-2,10-12,14-15,18H2,(H,33,34). The summed E-state index contributed by atoms with van der Waals surface area (Å²) in [5.74, 6) is 0.815. The van der Waals surface area contributed by atoms with Gasteiger partial charge < -0.3 is 24.5 Å². The molecule has 2 N–H and O–H groups in total. The quantitative estimate of drug-likeness (QED) is 0.366. The minimum atomic E-state index is -0.838. The molecule has 7 nitrogen and oxygen atoms in total. The van der Waals surface area contributed by atoms with Gasteiger partial charge in [-0.25, -0.2) is 0 Å². The normalized spacial score (nSPS) is 15.0. The summed E-state index contributed by atoms with van der Waals surface area (Å²) in [7, 11) is 0. The Morgan fingerprint density at radius 1 is 1.14 bits per heavy atom. The topological polar surface area (TPSA) is 85.6 Å². The van der Waals surface area contributed by atoms with Crippen molar-refractivity contribution in [3.05, 3.63) is 83.3 Å². The van der Waals surface area contributed by atoms with E-state index >= 15 is 0 Å². The highest BCUT2D eigenvalue weighted by molar-refractivity contribution is 5.82. The fourth-order valence-electron chi connectivity index (χ4n) is 5.23. The van der Waals surface area contributed by atoms with E-state index in [9.17, 15) is 9.90 Å². The highest BCUT2D eigenvalue weighted by atomic mass is 16.5. The predicted octanol–water partition coefficient (Wildman–Crippen LogP) is 5.01. The Bertz CT molecular complexity index is 1430. The number of benzene rings is 2. The second-order valence-corrected chi connectivity index (χ2v) is 9.45. The third kappa shape index (κ3) is 4.49. The number of pyridine rings is 1. The molecule has 184 valence electrons. The predicted molar refractivity (Wildman–Crippen MR) is 138 cm³/mol. The molecule has 4 heterocycles. The van der Waals surface area contributed by atoms with Crippen LogP contribution in [0.5, 0.6) is 11.5 Å². The van der Waals surface area contributed by atoms with Crippen LogP contribution in [-0.4, -0.2) is 40.4 Å². The van der Waals surface area contributed by atoms with Gasteiger partial charge in [-0.3, -0.25) is 9.78 Å². The molecule has 36 heavy (non-hydrogen) atoms. The van der Waals surface area contributed by atoms with Crippen molar-refractivity contribution in [1.82, 2.24) is 9.55 Å². The first-order chi connectivity index (χ1) is 17.6. The van der Waals surface area contributed by atoms with Crippen LogP contribution in [0.15, 0.2) is 60.8 Å². The maximum absolute atomic E-state index is 11.7. The summed E-state index contributed by atoms with van der Waals surface area (Å²) in [4.78, 5) is 16.5. The lowest BCUT2D eigenvalue weighted by Gasteiger charge is -2.20. The molecule has 2 aliphatic rings. The molecular formula is C29H29N3O4. The molecule has 1 atom stereocenters. The molecule has 0 spiro atoms. The van der Waals surface area contributed by atoms with Gasteiger partial charge in [-0.1, -0.05) is 12.1 Å². The first-order valence-corrected chi connectivity index (χ1v) is 12.6. The van der Waals surface area contributed by atoms with Crippen molar-refractivity contribution in [2.24, 2.45) is 0 Å². The average molecular weight is 484 g/mol. The molecular weight excluding hydrogens is 454 g/mol. The summed E-state index contributed by atoms with van der Waals surface area (Å²) in [6, 6.07) is 17.9. The Morgan fingerprint density at radius 2 is 2.08 bits per heavy atom. The number of hydrogen-bond acceptors (Lipinski definition) is 5. The van der Waals surface area contributed by atoms with E-state index in [0.717, 1.165) is 77.3 Å². The zero-order valence-electron chi connectivity index (χ0n) is 20.1. The molecule has 0 bridgehead atoms. The lowest BCUT2D eigenvalue weighted by molar-refractivity contribution is -0.137. The zero-order chi connectivity index (χ0) is 24.5. The van der Waals surface area contributed by atoms with Crippen LogP contribution in [0, 0.1) is 0 Å². The maximum atomic E-state index is 11.7. The second-order valence-electron chi connectivity index (χ2n) is 9.45. The van der Waals surface area contributed by atoms with Crippen LogP contribution in [-0.2, 0) is 24.1 Å². The Hall–Kier alpha value is -4.00. The smallest absolute Gasteiger partial charge is 0.305 e. The van der Waals surface area contributed by atoms with Crippen LogP contribution < -0.4 is 14.8 Å². The van der Waals surface area contributed by atoms with Gasteiger partial charge in [0.2, 0.25) is 0 Å². The van der Waals surface area contributed by atoms with E-state index in [2.05, 4.69) is 23.5 Å². The van der Waals surface area contributed by atoms with Crippen LogP contribution in [0.2, 0.25) is 0 Å². The Balaban J connectivity index is 1.19. The van der Waals surface area contributed by atoms with Crippen molar-refractivity contribution in [2.75, 3.05) is 25.1 Å². The molecule has 6 rings (SSSR count). The van der Waals surface area contributed by atoms with Crippen LogP contribution in [0.3, 0.4) is 0 Å². The van der Waals surface area contributed by atoms with Gasteiger partial charge in [0, 0.05) is 42.2 Å². The van der Waals surface area contributed by atoms with E-state index in [1.165, 1.54) is 5.56 Å². The first kappa shape index (κ1) is 22.5. The molecule has 0 fully saturated rings. The van der Waals surface area contributed by atoms with Crippen molar-refractivity contribution < 1.29 is 19.4 Å². The number of aliphatic carboxylic acids is 1. The molecule has 0 saturated carbocycles. The van der Waals surface area contributed by atoms with Crippen LogP contribution in [0.4, 0.5) is 5.69 Å². The third-order valence-electron chi connectivity index (χ3n) is 7.07. The van der Waals surface area contributed by atoms with Crippen molar-refractivity contribution in [2.45, 2.75) is 38.1 Å². The summed E-state index contributed by atoms with van der Waals surface area (Å²) in [5, 5.41) is 14.0. The van der Waals surface area contributed by atoms with Crippen molar-refractivity contribution in [3.8, 4) is 11.5 Å². The lowest BCUT2D eigenvalue weighted by Crippen LogP contribution is -2.14. The number of rotatable bonds is 8. The molecule has 7 heteroatoms. The maximum Gasteiger partial charge on any atom is 0.305 e. The first-order valence-electron chi connectivity index (χ1n) is 12.6. The number of hydrogen-bond donors (Lipinski definition) is 2. The van der Waals surface area contributed by atoms with Crippen molar-refractivity contribution in [3.63, 3.8) is 0 Å². The van der Waals surface area contributed by atoms with Gasteiger partial charge >= 0.3 is 5.97 Å². The summed E-state index contributed by atoms with van der Waals surface area (Å²) < 4.78 is 13.8. The van der Waals surface area contributed by atoms with E-state index in [4.69, 9.17) is 14.5 Å². The largest absolute Gasteiger partial charge is 0.493 e. The number of fused-ring (bicyclic) bond motifs is 3. The van der Waals surface area contributed by atoms with Gasteiger partial charge in [0.15, 0.2) is 0 Å². The van der Waals surface area contributed by atoms with Gasteiger partial charge in [0.25, 0.3) is 0 Å². The number of carboxylic acids is 1. The van der Waals surface area contributed by atoms with Crippen LogP contribution in [0.25, 0.3) is 10.9 Å². The monoisotopic (exact) mass is 483 g/mol. The summed E-state index contributed by atoms with van der Waals surface area (Å²) >= 11 is 0. The van der Waals surface area contributed by atoms with Gasteiger partial charge in [-0.15, -0.1) is 0 Å². The van der Waals surface area contributed by atoms with Crippen molar-refractivity contribution >= 4 is 22.6 Å². The van der Waals surface area contributed by atoms with Crippen LogP contribution in [0.1, 0.15) is 41.4 Å². The summed E-state index contributed by atoms with van der Waals surface area (Å²) in [6.45, 7) is 2.24. The third-order valence-corrected chi connectivity index (χ3v) is 7.07. The fraction of sp³-hybridized carbons (Fsp3) is 0.310. The van der Waals surface area contributed by atoms with Gasteiger partial charge in [-0.05, 0) is 66.4 Å². The Kier molecular flexibility index (Phi) is 5.97. The molecule has 0 amide bonds. The number of carboxylic acid groups (broad SMARTS) is 1. The highest BCUT2D eigenvalue weighted by Crippen LogP contribution is 2.34. The Morgan fingerprint density at radius 3 is 3.00 bits per heavy atom. The molecule has 2 aromatic heterocycles. The summed E-state index contributed by atoms with van der Waals surface area (Å²) in [5.41, 5.74) is 6.41.